The normalized spacial score (nSPS) is 27.5. The molecule has 2 saturated heterocycles. The van der Waals surface area contributed by atoms with Gasteiger partial charge in [0.15, 0.2) is 0 Å². The fraction of sp³-hybridized carbons (Fsp3) is 0.625. The molecule has 0 amide bonds. The van der Waals surface area contributed by atoms with E-state index in [0.29, 0.717) is 0 Å². The van der Waals surface area contributed by atoms with Crippen LogP contribution in [0.1, 0.15) is 24.8 Å². The van der Waals surface area contributed by atoms with Gasteiger partial charge in [0, 0.05) is 18.5 Å². The fourth-order valence-electron chi connectivity index (χ4n) is 3.51. The lowest BCUT2D eigenvalue weighted by Gasteiger charge is -2.47. The van der Waals surface area contributed by atoms with Crippen LogP contribution in [0, 0.1) is 5.41 Å². The molecule has 1 atom stereocenters. The lowest BCUT2D eigenvalue weighted by molar-refractivity contribution is -0.0436. The average molecular weight is 260 g/mol. The minimum atomic E-state index is -0.104. The fourth-order valence-corrected chi connectivity index (χ4v) is 3.51. The third kappa shape index (κ3) is 2.83. The number of rotatable bonds is 2. The summed E-state index contributed by atoms with van der Waals surface area (Å²) >= 11 is 0. The summed E-state index contributed by atoms with van der Waals surface area (Å²) in [6, 6.07) is 10.7. The number of aliphatic hydroxyl groups excluding tert-OH is 1. The number of nitrogens with zero attached hydrogens (tertiary/aromatic N) is 1. The SMILES string of the molecule is OC1CCNCC12CCN(Cc1ccccc1)CC2. The quantitative estimate of drug-likeness (QED) is 0.848. The molecule has 1 aromatic carbocycles. The van der Waals surface area contributed by atoms with Crippen LogP contribution in [-0.4, -0.2) is 42.3 Å². The van der Waals surface area contributed by atoms with Gasteiger partial charge in [0.05, 0.1) is 6.10 Å². The van der Waals surface area contributed by atoms with E-state index in [2.05, 4.69) is 40.5 Å². The molecule has 2 aliphatic rings. The van der Waals surface area contributed by atoms with Crippen molar-refractivity contribution in [3.63, 3.8) is 0 Å². The van der Waals surface area contributed by atoms with E-state index in [1.54, 1.807) is 0 Å². The van der Waals surface area contributed by atoms with Crippen molar-refractivity contribution < 1.29 is 5.11 Å². The predicted octanol–water partition coefficient (Wildman–Crippen LogP) is 1.62. The molecule has 2 aliphatic heterocycles. The molecule has 0 radical (unpaired) electrons. The Morgan fingerprint density at radius 3 is 2.63 bits per heavy atom. The van der Waals surface area contributed by atoms with E-state index in [-0.39, 0.29) is 11.5 Å². The second-order valence-corrected chi connectivity index (χ2v) is 6.11. The highest BCUT2D eigenvalue weighted by Crippen LogP contribution is 2.37. The van der Waals surface area contributed by atoms with Gasteiger partial charge in [0.2, 0.25) is 0 Å². The maximum atomic E-state index is 10.3. The van der Waals surface area contributed by atoms with E-state index in [1.165, 1.54) is 5.56 Å². The van der Waals surface area contributed by atoms with Gasteiger partial charge in [-0.1, -0.05) is 30.3 Å². The highest BCUT2D eigenvalue weighted by atomic mass is 16.3. The summed E-state index contributed by atoms with van der Waals surface area (Å²) in [4.78, 5) is 2.52. The van der Waals surface area contributed by atoms with Crippen LogP contribution in [-0.2, 0) is 6.54 Å². The average Bonchev–Trinajstić information content (AvgIpc) is 2.46. The molecule has 0 aromatic heterocycles. The van der Waals surface area contributed by atoms with Crippen LogP contribution in [0.3, 0.4) is 0 Å². The third-order valence-corrected chi connectivity index (χ3v) is 4.88. The zero-order chi connectivity index (χ0) is 13.1. The van der Waals surface area contributed by atoms with Crippen LogP contribution in [0.4, 0.5) is 0 Å². The van der Waals surface area contributed by atoms with E-state index in [9.17, 15) is 5.11 Å². The number of benzene rings is 1. The highest BCUT2D eigenvalue weighted by molar-refractivity contribution is 5.14. The lowest BCUT2D eigenvalue weighted by atomic mass is 9.71. The molecule has 1 spiro atoms. The van der Waals surface area contributed by atoms with Crippen molar-refractivity contribution in [2.75, 3.05) is 26.2 Å². The van der Waals surface area contributed by atoms with Crippen molar-refractivity contribution in [2.45, 2.75) is 31.9 Å². The molecule has 19 heavy (non-hydrogen) atoms. The van der Waals surface area contributed by atoms with Crippen molar-refractivity contribution in [2.24, 2.45) is 5.41 Å². The smallest absolute Gasteiger partial charge is 0.0621 e. The van der Waals surface area contributed by atoms with Crippen LogP contribution in [0.2, 0.25) is 0 Å². The number of aliphatic hydroxyl groups is 1. The second-order valence-electron chi connectivity index (χ2n) is 6.11. The van der Waals surface area contributed by atoms with Crippen molar-refractivity contribution in [3.05, 3.63) is 35.9 Å². The molecule has 3 heteroatoms. The molecule has 104 valence electrons. The molecule has 0 saturated carbocycles. The Kier molecular flexibility index (Phi) is 3.87. The molecule has 3 rings (SSSR count). The first-order valence-corrected chi connectivity index (χ1v) is 7.44. The van der Waals surface area contributed by atoms with Crippen LogP contribution in [0.25, 0.3) is 0 Å². The summed E-state index contributed by atoms with van der Waals surface area (Å²) in [7, 11) is 0. The van der Waals surface area contributed by atoms with Crippen LogP contribution >= 0.6 is 0 Å². The first kappa shape index (κ1) is 13.1. The Bertz CT molecular complexity index is 398. The van der Waals surface area contributed by atoms with Crippen molar-refractivity contribution in [1.29, 1.82) is 0 Å². The summed E-state index contributed by atoms with van der Waals surface area (Å²) in [6.45, 7) is 5.21. The van der Waals surface area contributed by atoms with Gasteiger partial charge in [0.1, 0.15) is 0 Å². The predicted molar refractivity (Wildman–Crippen MR) is 76.9 cm³/mol. The molecule has 0 bridgehead atoms. The monoisotopic (exact) mass is 260 g/mol. The molecule has 2 fully saturated rings. The summed E-state index contributed by atoms with van der Waals surface area (Å²) in [5, 5.41) is 13.8. The number of piperidine rings is 2. The van der Waals surface area contributed by atoms with Gasteiger partial charge in [-0.3, -0.25) is 4.90 Å². The third-order valence-electron chi connectivity index (χ3n) is 4.88. The van der Waals surface area contributed by atoms with Crippen LogP contribution < -0.4 is 5.32 Å². The zero-order valence-electron chi connectivity index (χ0n) is 11.5. The molecular weight excluding hydrogens is 236 g/mol. The number of likely N-dealkylation sites (tertiary alicyclic amines) is 1. The summed E-state index contributed by atoms with van der Waals surface area (Å²) in [5.41, 5.74) is 1.53. The Morgan fingerprint density at radius 1 is 1.21 bits per heavy atom. The Labute approximate surface area is 115 Å². The topological polar surface area (TPSA) is 35.5 Å². The van der Waals surface area contributed by atoms with Crippen LogP contribution in [0.15, 0.2) is 30.3 Å². The summed E-state index contributed by atoms with van der Waals surface area (Å²) < 4.78 is 0. The Morgan fingerprint density at radius 2 is 1.95 bits per heavy atom. The Hall–Kier alpha value is -0.900. The zero-order valence-corrected chi connectivity index (χ0v) is 11.5. The van der Waals surface area contributed by atoms with Crippen LogP contribution in [0.5, 0.6) is 0 Å². The summed E-state index contributed by atoms with van der Waals surface area (Å²) in [5.74, 6) is 0. The lowest BCUT2D eigenvalue weighted by Crippen LogP contribution is -2.55. The molecule has 1 unspecified atom stereocenters. The Balaban J connectivity index is 1.57. The molecule has 2 N–H and O–H groups in total. The highest BCUT2D eigenvalue weighted by Gasteiger charge is 2.42. The van der Waals surface area contributed by atoms with Gasteiger partial charge in [-0.15, -0.1) is 0 Å². The van der Waals surface area contributed by atoms with E-state index in [1.807, 2.05) is 0 Å². The molecule has 3 nitrogen and oxygen atoms in total. The minimum absolute atomic E-state index is 0.104. The number of hydrogen-bond acceptors (Lipinski definition) is 3. The number of nitrogens with one attached hydrogen (secondary N) is 1. The minimum Gasteiger partial charge on any atom is -0.392 e. The van der Waals surface area contributed by atoms with E-state index >= 15 is 0 Å². The van der Waals surface area contributed by atoms with E-state index in [0.717, 1.165) is 52.0 Å². The maximum Gasteiger partial charge on any atom is 0.0621 e. The summed E-state index contributed by atoms with van der Waals surface area (Å²) in [6.07, 6.45) is 3.05. The van der Waals surface area contributed by atoms with E-state index in [4.69, 9.17) is 0 Å². The molecular formula is C16H24N2O. The first-order chi connectivity index (χ1) is 9.28. The van der Waals surface area contributed by atoms with Gasteiger partial charge in [0.25, 0.3) is 0 Å². The largest absolute Gasteiger partial charge is 0.392 e. The van der Waals surface area contributed by atoms with Crippen molar-refractivity contribution >= 4 is 0 Å². The van der Waals surface area contributed by atoms with E-state index < -0.39 is 0 Å². The van der Waals surface area contributed by atoms with Gasteiger partial charge in [-0.05, 0) is 44.5 Å². The van der Waals surface area contributed by atoms with Crippen molar-refractivity contribution in [3.8, 4) is 0 Å². The van der Waals surface area contributed by atoms with Gasteiger partial charge < -0.3 is 10.4 Å². The second kappa shape index (κ2) is 5.61. The standard InChI is InChI=1S/C16H24N2O/c19-15-6-9-17-13-16(15)7-10-18(11-8-16)12-14-4-2-1-3-5-14/h1-5,15,17,19H,6-13H2. The van der Waals surface area contributed by atoms with Gasteiger partial charge >= 0.3 is 0 Å². The molecule has 2 heterocycles. The maximum absolute atomic E-state index is 10.3. The number of hydrogen-bond donors (Lipinski definition) is 2. The molecule has 0 aliphatic carbocycles. The van der Waals surface area contributed by atoms with Gasteiger partial charge in [-0.25, -0.2) is 0 Å². The first-order valence-electron chi connectivity index (χ1n) is 7.44. The van der Waals surface area contributed by atoms with Crippen molar-refractivity contribution in [1.82, 2.24) is 10.2 Å². The molecule has 1 aromatic rings. The van der Waals surface area contributed by atoms with Gasteiger partial charge in [-0.2, -0.15) is 0 Å².